The molecule has 3 aromatic carbocycles. The van der Waals surface area contributed by atoms with Crippen LogP contribution in [0.1, 0.15) is 15.9 Å². The van der Waals surface area contributed by atoms with E-state index in [1.54, 1.807) is 60.7 Å². The van der Waals surface area contributed by atoms with Crippen molar-refractivity contribution < 1.29 is 19.1 Å². The maximum absolute atomic E-state index is 12.3. The monoisotopic (exact) mass is 564 g/mol. The van der Waals surface area contributed by atoms with Crippen molar-refractivity contribution in [2.24, 2.45) is 5.10 Å². The van der Waals surface area contributed by atoms with E-state index >= 15 is 0 Å². The van der Waals surface area contributed by atoms with Crippen molar-refractivity contribution in [3.05, 3.63) is 91.8 Å². The van der Waals surface area contributed by atoms with Crippen LogP contribution in [-0.2, 0) is 4.79 Å². The topological polar surface area (TPSA) is 77.0 Å². The molecule has 0 aliphatic heterocycles. The summed E-state index contributed by atoms with van der Waals surface area (Å²) in [6, 6.07) is 18.7. The van der Waals surface area contributed by atoms with Gasteiger partial charge in [0.1, 0.15) is 11.5 Å². The predicted octanol–water partition coefficient (Wildman–Crippen LogP) is 5.61. The molecule has 158 valence electrons. The molecule has 0 aliphatic rings. The Hall–Kier alpha value is -2.68. The van der Waals surface area contributed by atoms with Crippen LogP contribution in [0, 0.1) is 0 Å². The molecule has 0 heterocycles. The molecule has 0 spiro atoms. The molecule has 1 N–H and O–H groups in total. The minimum atomic E-state index is -0.478. The lowest BCUT2D eigenvalue weighted by Crippen LogP contribution is -2.24. The van der Waals surface area contributed by atoms with Crippen molar-refractivity contribution in [1.82, 2.24) is 5.43 Å². The summed E-state index contributed by atoms with van der Waals surface area (Å²) >= 11 is 12.5. The number of esters is 1. The maximum atomic E-state index is 12.3. The van der Waals surface area contributed by atoms with Crippen LogP contribution < -0.4 is 14.9 Å². The summed E-state index contributed by atoms with van der Waals surface area (Å²) < 4.78 is 12.2. The second kappa shape index (κ2) is 11.1. The summed E-state index contributed by atoms with van der Waals surface area (Å²) in [5.74, 6) is -0.0656. The number of hydrogen-bond acceptors (Lipinski definition) is 5. The van der Waals surface area contributed by atoms with Gasteiger partial charge in [-0.05, 0) is 70.0 Å². The molecule has 0 radical (unpaired) electrons. The van der Waals surface area contributed by atoms with Crippen LogP contribution in [0.3, 0.4) is 0 Å². The Labute approximate surface area is 200 Å². The Bertz CT molecular complexity index is 1140. The van der Waals surface area contributed by atoms with E-state index in [0.717, 1.165) is 4.47 Å². The molecule has 0 aliphatic carbocycles. The highest BCUT2D eigenvalue weighted by molar-refractivity contribution is 9.10. The highest BCUT2D eigenvalue weighted by Crippen LogP contribution is 2.27. The lowest BCUT2D eigenvalue weighted by molar-refractivity contribution is -0.123. The summed E-state index contributed by atoms with van der Waals surface area (Å²) in [5, 5.41) is 4.45. The van der Waals surface area contributed by atoms with Crippen LogP contribution in [-0.4, -0.2) is 24.7 Å². The highest BCUT2D eigenvalue weighted by Gasteiger charge is 2.09. The van der Waals surface area contributed by atoms with Crippen LogP contribution in [0.2, 0.25) is 5.02 Å². The van der Waals surface area contributed by atoms with E-state index in [0.29, 0.717) is 32.1 Å². The quantitative estimate of drug-likeness (QED) is 0.175. The molecule has 0 aromatic heterocycles. The van der Waals surface area contributed by atoms with Gasteiger partial charge in [0.15, 0.2) is 6.61 Å². The van der Waals surface area contributed by atoms with Gasteiger partial charge in [-0.25, -0.2) is 10.2 Å². The second-order valence-corrected chi connectivity index (χ2v) is 8.34. The van der Waals surface area contributed by atoms with Gasteiger partial charge in [-0.15, -0.1) is 0 Å². The molecule has 6 nitrogen and oxygen atoms in total. The molecular weight excluding hydrogens is 552 g/mol. The minimum Gasteiger partial charge on any atom is -0.483 e. The molecule has 1 amide bonds. The zero-order chi connectivity index (χ0) is 22.2. The number of ether oxygens (including phenoxy) is 2. The van der Waals surface area contributed by atoms with Crippen LogP contribution in [0.4, 0.5) is 0 Å². The molecule has 31 heavy (non-hydrogen) atoms. The first-order chi connectivity index (χ1) is 14.9. The molecule has 9 heteroatoms. The Morgan fingerprint density at radius 2 is 1.84 bits per heavy atom. The Kier molecular flexibility index (Phi) is 8.22. The molecular formula is C22H15Br2ClN2O4. The number of rotatable bonds is 7. The highest BCUT2D eigenvalue weighted by atomic mass is 79.9. The maximum Gasteiger partial charge on any atom is 0.343 e. The lowest BCUT2D eigenvalue weighted by Gasteiger charge is -2.07. The van der Waals surface area contributed by atoms with Crippen LogP contribution in [0.25, 0.3) is 0 Å². The average molecular weight is 567 g/mol. The Balaban J connectivity index is 1.52. The third-order valence-corrected chi connectivity index (χ3v) is 5.13. The number of benzene rings is 3. The summed E-state index contributed by atoms with van der Waals surface area (Å²) in [6.45, 7) is -0.220. The summed E-state index contributed by atoms with van der Waals surface area (Å²) in [4.78, 5) is 24.2. The van der Waals surface area contributed by atoms with Crippen molar-refractivity contribution >= 4 is 61.6 Å². The number of carbonyl (C=O) groups excluding carboxylic acids is 2. The molecule has 0 saturated carbocycles. The average Bonchev–Trinajstić information content (AvgIpc) is 2.73. The van der Waals surface area contributed by atoms with Crippen molar-refractivity contribution in [2.75, 3.05) is 6.61 Å². The third kappa shape index (κ3) is 7.20. The summed E-state index contributed by atoms with van der Waals surface area (Å²) in [6.07, 6.45) is 1.44. The van der Waals surface area contributed by atoms with E-state index in [-0.39, 0.29) is 6.61 Å². The smallest absolute Gasteiger partial charge is 0.343 e. The third-order valence-electron chi connectivity index (χ3n) is 3.78. The Morgan fingerprint density at radius 1 is 1.03 bits per heavy atom. The zero-order valence-corrected chi connectivity index (χ0v) is 19.8. The number of hydrogen-bond donors (Lipinski definition) is 1. The predicted molar refractivity (Wildman–Crippen MR) is 126 cm³/mol. The van der Waals surface area contributed by atoms with Gasteiger partial charge in [-0.1, -0.05) is 45.7 Å². The van der Waals surface area contributed by atoms with Crippen molar-refractivity contribution in [1.29, 1.82) is 0 Å². The van der Waals surface area contributed by atoms with Crippen LogP contribution >= 0.6 is 43.5 Å². The fraction of sp³-hybridized carbons (Fsp3) is 0.0455. The minimum absolute atomic E-state index is 0.220. The fourth-order valence-corrected chi connectivity index (χ4v) is 3.58. The SMILES string of the molecule is O=C(COc1ccc(Cl)cc1Br)NN=Cc1cccc(OC(=O)c2cccc(Br)c2)c1. The van der Waals surface area contributed by atoms with Gasteiger partial charge in [0.05, 0.1) is 16.3 Å². The molecule has 3 rings (SSSR count). The van der Waals surface area contributed by atoms with Gasteiger partial charge >= 0.3 is 5.97 Å². The number of carbonyl (C=O) groups is 2. The number of hydrazone groups is 1. The van der Waals surface area contributed by atoms with E-state index in [1.807, 2.05) is 6.07 Å². The van der Waals surface area contributed by atoms with E-state index in [9.17, 15) is 9.59 Å². The first-order valence-corrected chi connectivity index (χ1v) is 10.8. The molecule has 0 bridgehead atoms. The van der Waals surface area contributed by atoms with Crippen LogP contribution in [0.15, 0.2) is 80.8 Å². The van der Waals surface area contributed by atoms with E-state index in [4.69, 9.17) is 21.1 Å². The lowest BCUT2D eigenvalue weighted by atomic mass is 10.2. The zero-order valence-electron chi connectivity index (χ0n) is 15.8. The standard InChI is InChI=1S/C22H15Br2ClN2O4/c23-16-5-2-4-15(10-16)22(29)31-18-6-1-3-14(9-18)12-26-27-21(28)13-30-20-8-7-17(25)11-19(20)24/h1-12H,13H2,(H,27,28). The molecule has 0 unspecified atom stereocenters. The van der Waals surface area contributed by atoms with E-state index < -0.39 is 11.9 Å². The fourth-order valence-electron chi connectivity index (χ4n) is 2.39. The number of nitrogens with zero attached hydrogens (tertiary/aromatic N) is 1. The second-order valence-electron chi connectivity index (χ2n) is 6.13. The largest absolute Gasteiger partial charge is 0.483 e. The van der Waals surface area contributed by atoms with Gasteiger partial charge in [0, 0.05) is 9.50 Å². The number of amides is 1. The molecule has 3 aromatic rings. The number of nitrogens with one attached hydrogen (secondary N) is 1. The van der Waals surface area contributed by atoms with Gasteiger partial charge in [-0.2, -0.15) is 5.10 Å². The van der Waals surface area contributed by atoms with E-state index in [1.165, 1.54) is 6.21 Å². The Morgan fingerprint density at radius 3 is 2.61 bits per heavy atom. The van der Waals surface area contributed by atoms with Gasteiger partial charge in [0.25, 0.3) is 5.91 Å². The normalized spacial score (nSPS) is 10.7. The molecule has 0 saturated heterocycles. The van der Waals surface area contributed by atoms with Crippen LogP contribution in [0.5, 0.6) is 11.5 Å². The van der Waals surface area contributed by atoms with E-state index in [2.05, 4.69) is 42.4 Å². The van der Waals surface area contributed by atoms with Gasteiger partial charge in [0.2, 0.25) is 0 Å². The van der Waals surface area contributed by atoms with Crippen molar-refractivity contribution in [2.45, 2.75) is 0 Å². The first kappa shape index (κ1) is 23.0. The van der Waals surface area contributed by atoms with Crippen molar-refractivity contribution in [3.63, 3.8) is 0 Å². The van der Waals surface area contributed by atoms with Gasteiger partial charge in [-0.3, -0.25) is 4.79 Å². The molecule has 0 fully saturated rings. The summed E-state index contributed by atoms with van der Waals surface area (Å²) in [5.41, 5.74) is 3.44. The van der Waals surface area contributed by atoms with Crippen molar-refractivity contribution in [3.8, 4) is 11.5 Å². The summed E-state index contributed by atoms with van der Waals surface area (Å²) in [7, 11) is 0. The van der Waals surface area contributed by atoms with Gasteiger partial charge < -0.3 is 9.47 Å². The molecule has 0 atom stereocenters. The number of halogens is 3. The first-order valence-electron chi connectivity index (χ1n) is 8.88.